The molecule has 1 atom stereocenters. The number of anilines is 2. The average Bonchev–Trinajstić information content (AvgIpc) is 2.55. The number of carbonyl (C=O) groups excluding carboxylic acids is 1. The maximum Gasteiger partial charge on any atom is 0.246 e. The third kappa shape index (κ3) is 4.45. The Morgan fingerprint density at radius 1 is 1.13 bits per heavy atom. The number of para-hydroxylation sites is 1. The van der Waals surface area contributed by atoms with Gasteiger partial charge in [0, 0.05) is 11.8 Å². The van der Waals surface area contributed by atoms with Crippen LogP contribution in [0.15, 0.2) is 42.6 Å². The van der Waals surface area contributed by atoms with E-state index in [0.717, 1.165) is 16.9 Å². The third-order valence-corrected chi connectivity index (χ3v) is 3.56. The number of hydrogen-bond donors (Lipinski definition) is 2. The van der Waals surface area contributed by atoms with Crippen LogP contribution in [0.25, 0.3) is 0 Å². The molecule has 0 saturated heterocycles. The van der Waals surface area contributed by atoms with Gasteiger partial charge in [0.1, 0.15) is 6.04 Å². The molecule has 5 heteroatoms. The van der Waals surface area contributed by atoms with Crippen molar-refractivity contribution < 1.29 is 9.53 Å². The van der Waals surface area contributed by atoms with Crippen LogP contribution in [0.5, 0.6) is 5.88 Å². The first-order chi connectivity index (χ1) is 11.0. The fraction of sp³-hybridized carbons (Fsp3) is 0.333. The van der Waals surface area contributed by atoms with E-state index < -0.39 is 0 Å². The summed E-state index contributed by atoms with van der Waals surface area (Å²) >= 11 is 0. The van der Waals surface area contributed by atoms with Gasteiger partial charge in [0.05, 0.1) is 19.0 Å². The van der Waals surface area contributed by atoms with E-state index in [1.165, 1.54) is 0 Å². The van der Waals surface area contributed by atoms with Crippen LogP contribution in [0.2, 0.25) is 0 Å². The molecule has 0 unspecified atom stereocenters. The highest BCUT2D eigenvalue weighted by atomic mass is 16.5. The quantitative estimate of drug-likeness (QED) is 0.854. The lowest BCUT2D eigenvalue weighted by atomic mass is 10.0. The fourth-order valence-electron chi connectivity index (χ4n) is 2.26. The van der Waals surface area contributed by atoms with E-state index in [2.05, 4.69) is 29.5 Å². The number of nitrogens with zero attached hydrogens (tertiary/aromatic N) is 1. The van der Waals surface area contributed by atoms with Gasteiger partial charge in [-0.2, -0.15) is 0 Å². The van der Waals surface area contributed by atoms with Crippen LogP contribution in [0, 0.1) is 0 Å². The Morgan fingerprint density at radius 2 is 1.87 bits per heavy atom. The zero-order valence-corrected chi connectivity index (χ0v) is 14.0. The molecule has 0 aliphatic heterocycles. The predicted octanol–water partition coefficient (Wildman–Crippen LogP) is 3.65. The Hall–Kier alpha value is -2.56. The molecule has 0 bridgehead atoms. The largest absolute Gasteiger partial charge is 0.481 e. The zero-order valence-electron chi connectivity index (χ0n) is 14.0. The molecule has 0 radical (unpaired) electrons. The molecular formula is C18H23N3O2. The standard InChI is InChI=1S/C18H23N3O2/c1-12(2)15-7-5-6-8-16(15)21-18(22)13(3)20-14-9-10-17(23-4)19-11-14/h5-13,20H,1-4H3,(H,21,22)/t13-/m1/s1. The van der Waals surface area contributed by atoms with Crippen LogP contribution >= 0.6 is 0 Å². The topological polar surface area (TPSA) is 63.2 Å². The Labute approximate surface area is 137 Å². The zero-order chi connectivity index (χ0) is 16.8. The highest BCUT2D eigenvalue weighted by molar-refractivity contribution is 5.96. The summed E-state index contributed by atoms with van der Waals surface area (Å²) in [5.74, 6) is 0.799. The molecule has 0 fully saturated rings. The van der Waals surface area contributed by atoms with Crippen molar-refractivity contribution in [2.24, 2.45) is 0 Å². The smallest absolute Gasteiger partial charge is 0.246 e. The maximum atomic E-state index is 12.4. The average molecular weight is 313 g/mol. The van der Waals surface area contributed by atoms with Gasteiger partial charge in [0.2, 0.25) is 11.8 Å². The third-order valence-electron chi connectivity index (χ3n) is 3.56. The summed E-state index contributed by atoms with van der Waals surface area (Å²) in [5, 5.41) is 6.12. The molecule has 2 aromatic rings. The van der Waals surface area contributed by atoms with Crippen molar-refractivity contribution in [1.82, 2.24) is 4.98 Å². The second-order valence-corrected chi connectivity index (χ2v) is 5.69. The lowest BCUT2D eigenvalue weighted by Crippen LogP contribution is -2.32. The van der Waals surface area contributed by atoms with Gasteiger partial charge in [0.25, 0.3) is 0 Å². The number of ether oxygens (including phenoxy) is 1. The predicted molar refractivity (Wildman–Crippen MR) is 93.0 cm³/mol. The first kappa shape index (κ1) is 16.8. The van der Waals surface area contributed by atoms with Gasteiger partial charge in [0.15, 0.2) is 0 Å². The monoisotopic (exact) mass is 313 g/mol. The van der Waals surface area contributed by atoms with Crippen molar-refractivity contribution in [3.05, 3.63) is 48.2 Å². The van der Waals surface area contributed by atoms with Gasteiger partial charge in [-0.3, -0.25) is 4.79 Å². The Bertz CT molecular complexity index is 654. The summed E-state index contributed by atoms with van der Waals surface area (Å²) in [7, 11) is 1.57. The summed E-state index contributed by atoms with van der Waals surface area (Å²) in [4.78, 5) is 16.5. The molecule has 2 N–H and O–H groups in total. The first-order valence-corrected chi connectivity index (χ1v) is 7.67. The minimum absolute atomic E-state index is 0.0890. The summed E-state index contributed by atoms with van der Waals surface area (Å²) < 4.78 is 5.02. The number of carbonyl (C=O) groups is 1. The van der Waals surface area contributed by atoms with Crippen molar-refractivity contribution in [3.63, 3.8) is 0 Å². The maximum absolute atomic E-state index is 12.4. The van der Waals surface area contributed by atoms with Crippen molar-refractivity contribution in [2.45, 2.75) is 32.7 Å². The van der Waals surface area contributed by atoms with E-state index in [4.69, 9.17) is 4.74 Å². The first-order valence-electron chi connectivity index (χ1n) is 7.67. The van der Waals surface area contributed by atoms with E-state index in [9.17, 15) is 4.79 Å². The summed E-state index contributed by atoms with van der Waals surface area (Å²) in [6, 6.07) is 11.1. The molecule has 0 aliphatic carbocycles. The number of methoxy groups -OCH3 is 1. The molecule has 5 nitrogen and oxygen atoms in total. The van der Waals surface area contributed by atoms with Gasteiger partial charge in [-0.15, -0.1) is 0 Å². The van der Waals surface area contributed by atoms with Crippen molar-refractivity contribution >= 4 is 17.3 Å². The summed E-state index contributed by atoms with van der Waals surface area (Å²) in [6.45, 7) is 6.03. The molecule has 2 rings (SSSR count). The number of benzene rings is 1. The Morgan fingerprint density at radius 3 is 2.48 bits per heavy atom. The molecular weight excluding hydrogens is 290 g/mol. The molecule has 0 aliphatic rings. The van der Waals surface area contributed by atoms with Gasteiger partial charge < -0.3 is 15.4 Å². The lowest BCUT2D eigenvalue weighted by Gasteiger charge is -2.18. The molecule has 1 aromatic heterocycles. The van der Waals surface area contributed by atoms with E-state index in [1.54, 1.807) is 19.4 Å². The number of aromatic nitrogens is 1. The second-order valence-electron chi connectivity index (χ2n) is 5.69. The fourth-order valence-corrected chi connectivity index (χ4v) is 2.26. The number of nitrogens with one attached hydrogen (secondary N) is 2. The van der Waals surface area contributed by atoms with Gasteiger partial charge in [-0.25, -0.2) is 4.98 Å². The minimum atomic E-state index is -0.384. The van der Waals surface area contributed by atoms with Crippen molar-refractivity contribution in [3.8, 4) is 5.88 Å². The minimum Gasteiger partial charge on any atom is -0.481 e. The molecule has 1 aromatic carbocycles. The van der Waals surface area contributed by atoms with E-state index >= 15 is 0 Å². The Balaban J connectivity index is 2.02. The van der Waals surface area contributed by atoms with Crippen LogP contribution in [0.4, 0.5) is 11.4 Å². The molecule has 23 heavy (non-hydrogen) atoms. The van der Waals surface area contributed by atoms with Crippen LogP contribution in [0.3, 0.4) is 0 Å². The highest BCUT2D eigenvalue weighted by Crippen LogP contribution is 2.24. The van der Waals surface area contributed by atoms with Crippen LogP contribution < -0.4 is 15.4 Å². The molecule has 1 heterocycles. The molecule has 122 valence electrons. The van der Waals surface area contributed by atoms with E-state index in [0.29, 0.717) is 11.8 Å². The highest BCUT2D eigenvalue weighted by Gasteiger charge is 2.15. The van der Waals surface area contributed by atoms with E-state index in [-0.39, 0.29) is 11.9 Å². The normalized spacial score (nSPS) is 11.9. The van der Waals surface area contributed by atoms with Gasteiger partial charge in [-0.1, -0.05) is 32.0 Å². The summed E-state index contributed by atoms with van der Waals surface area (Å²) in [5.41, 5.74) is 2.75. The van der Waals surface area contributed by atoms with Crippen LogP contribution in [-0.2, 0) is 4.79 Å². The number of amides is 1. The van der Waals surface area contributed by atoms with Gasteiger partial charge >= 0.3 is 0 Å². The number of rotatable bonds is 6. The number of hydrogen-bond acceptors (Lipinski definition) is 4. The van der Waals surface area contributed by atoms with E-state index in [1.807, 2.05) is 37.3 Å². The van der Waals surface area contributed by atoms with Gasteiger partial charge in [-0.05, 0) is 30.5 Å². The van der Waals surface area contributed by atoms with Crippen LogP contribution in [0.1, 0.15) is 32.3 Å². The van der Waals surface area contributed by atoms with Crippen molar-refractivity contribution in [1.29, 1.82) is 0 Å². The number of pyridine rings is 1. The molecule has 0 saturated carbocycles. The van der Waals surface area contributed by atoms with Crippen molar-refractivity contribution in [2.75, 3.05) is 17.7 Å². The second kappa shape index (κ2) is 7.63. The lowest BCUT2D eigenvalue weighted by molar-refractivity contribution is -0.116. The molecule has 0 spiro atoms. The Kier molecular flexibility index (Phi) is 5.57. The van der Waals surface area contributed by atoms with Crippen LogP contribution in [-0.4, -0.2) is 24.0 Å². The summed E-state index contributed by atoms with van der Waals surface area (Å²) in [6.07, 6.45) is 1.64. The molecule has 1 amide bonds. The SMILES string of the molecule is COc1ccc(N[C@H](C)C(=O)Nc2ccccc2C(C)C)cn1.